The molecule has 2 aromatic carbocycles. The molecule has 0 bridgehead atoms. The number of aliphatic imine (C=N–C) groups is 1. The molecule has 0 spiro atoms. The lowest BCUT2D eigenvalue weighted by Gasteiger charge is -2.17. The van der Waals surface area contributed by atoms with E-state index < -0.39 is 6.09 Å². The van der Waals surface area contributed by atoms with Gasteiger partial charge >= 0.3 is 6.09 Å². The smallest absolute Gasteiger partial charge is 0.409 e. The number of thiazole rings is 1. The minimum Gasteiger partial charge on any atom is -0.484 e. The number of hydrogen-bond acceptors (Lipinski definition) is 6. The molecule has 6 nitrogen and oxygen atoms in total. The van der Waals surface area contributed by atoms with E-state index >= 15 is 0 Å². The molecule has 0 saturated heterocycles. The Hall–Kier alpha value is -2.58. The molecule has 8 heteroatoms. The first-order valence-corrected chi connectivity index (χ1v) is 9.29. The van der Waals surface area contributed by atoms with Crippen molar-refractivity contribution in [3.8, 4) is 5.75 Å². The molecular weight excluding hydrogens is 358 g/mol. The minimum absolute atomic E-state index is 0.411. The quantitative estimate of drug-likeness (QED) is 0.694. The third-order valence-corrected chi connectivity index (χ3v) is 5.69. The third kappa shape index (κ3) is 3.59. The predicted octanol–water partition coefficient (Wildman–Crippen LogP) is 4.74. The maximum Gasteiger partial charge on any atom is 0.409 e. The molecule has 2 N–H and O–H groups in total. The van der Waals surface area contributed by atoms with E-state index in [4.69, 9.17) is 9.84 Å². The molecule has 0 aliphatic carbocycles. The molecule has 0 radical (unpaired) electrons. The van der Waals surface area contributed by atoms with Crippen molar-refractivity contribution in [1.29, 1.82) is 0 Å². The summed E-state index contributed by atoms with van der Waals surface area (Å²) < 4.78 is 6.88. The maximum atomic E-state index is 10.7. The number of nitrogens with zero attached hydrogens (tertiary/aromatic N) is 2. The summed E-state index contributed by atoms with van der Waals surface area (Å²) in [6, 6.07) is 13.1. The highest BCUT2D eigenvalue weighted by Crippen LogP contribution is 2.35. The van der Waals surface area contributed by atoms with E-state index in [-0.39, 0.29) is 0 Å². The van der Waals surface area contributed by atoms with Crippen molar-refractivity contribution in [3.05, 3.63) is 47.5 Å². The van der Waals surface area contributed by atoms with Gasteiger partial charge in [0.05, 0.1) is 16.0 Å². The molecule has 4 rings (SSSR count). The number of rotatable bonds is 3. The molecular formula is C17H13N3O3S2. The van der Waals surface area contributed by atoms with Gasteiger partial charge < -0.3 is 9.84 Å². The van der Waals surface area contributed by atoms with Gasteiger partial charge in [0.2, 0.25) is 0 Å². The molecule has 1 aliphatic heterocycles. The van der Waals surface area contributed by atoms with Crippen LogP contribution in [0.4, 0.5) is 16.2 Å². The number of nitrogens with one attached hydrogen (secondary N) is 1. The average Bonchev–Trinajstić information content (AvgIpc) is 3.02. The van der Waals surface area contributed by atoms with Crippen LogP contribution in [-0.2, 0) is 5.75 Å². The number of fused-ring (bicyclic) bond motifs is 2. The highest BCUT2D eigenvalue weighted by molar-refractivity contribution is 8.13. The van der Waals surface area contributed by atoms with E-state index in [0.717, 1.165) is 21.3 Å². The molecule has 0 saturated carbocycles. The minimum atomic E-state index is -1.11. The number of carboxylic acid groups (broad SMARTS) is 1. The molecule has 2 heterocycles. The summed E-state index contributed by atoms with van der Waals surface area (Å²) in [5.41, 5.74) is 2.11. The predicted molar refractivity (Wildman–Crippen MR) is 102 cm³/mol. The van der Waals surface area contributed by atoms with Crippen molar-refractivity contribution in [2.75, 3.05) is 11.9 Å². The molecule has 0 atom stereocenters. The van der Waals surface area contributed by atoms with Crippen molar-refractivity contribution < 1.29 is 14.6 Å². The highest BCUT2D eigenvalue weighted by Gasteiger charge is 2.15. The number of thioether (sulfide) groups is 1. The average molecular weight is 371 g/mol. The van der Waals surface area contributed by atoms with E-state index in [0.29, 0.717) is 23.7 Å². The third-order valence-electron chi connectivity index (χ3n) is 3.51. The number of carbonyl (C=O) groups is 1. The Morgan fingerprint density at radius 1 is 1.32 bits per heavy atom. The Bertz CT molecular complexity index is 951. The first-order valence-electron chi connectivity index (χ1n) is 7.49. The molecule has 25 heavy (non-hydrogen) atoms. The van der Waals surface area contributed by atoms with Crippen LogP contribution in [0, 0.1) is 0 Å². The number of ether oxygens (including phenoxy) is 1. The zero-order valence-corrected chi connectivity index (χ0v) is 14.6. The second kappa shape index (κ2) is 6.73. The molecule has 1 aromatic heterocycles. The summed E-state index contributed by atoms with van der Waals surface area (Å²) in [6.45, 7) is 0.411. The van der Waals surface area contributed by atoms with E-state index in [1.807, 2.05) is 18.2 Å². The lowest BCUT2D eigenvalue weighted by molar-refractivity contribution is 0.209. The van der Waals surface area contributed by atoms with Gasteiger partial charge in [-0.25, -0.2) is 14.8 Å². The number of aromatic nitrogens is 1. The van der Waals surface area contributed by atoms with Crippen LogP contribution in [0.15, 0.2) is 47.5 Å². The normalized spacial score (nSPS) is 13.0. The summed E-state index contributed by atoms with van der Waals surface area (Å²) in [7, 11) is 0. The summed E-state index contributed by atoms with van der Waals surface area (Å²) in [5, 5.41) is 13.0. The molecule has 0 unspecified atom stereocenters. The van der Waals surface area contributed by atoms with Crippen molar-refractivity contribution in [2.24, 2.45) is 4.99 Å². The second-order valence-corrected chi connectivity index (χ2v) is 7.43. The first kappa shape index (κ1) is 15.9. The summed E-state index contributed by atoms with van der Waals surface area (Å²) in [5.74, 6) is 1.38. The SMILES string of the molecule is O=C(O)Nc1ccc2c(c1)N=C(SCc1nc3ccccc3s1)CO2. The van der Waals surface area contributed by atoms with Gasteiger partial charge in [-0.15, -0.1) is 11.3 Å². The number of para-hydroxylation sites is 1. The van der Waals surface area contributed by atoms with Crippen LogP contribution in [0.1, 0.15) is 5.01 Å². The largest absolute Gasteiger partial charge is 0.484 e. The van der Waals surface area contributed by atoms with Gasteiger partial charge in [0, 0.05) is 5.69 Å². The molecule has 1 amide bonds. The Morgan fingerprint density at radius 2 is 2.20 bits per heavy atom. The fourth-order valence-corrected chi connectivity index (χ4v) is 4.27. The number of amides is 1. The number of hydrogen-bond donors (Lipinski definition) is 2. The Labute approximate surface area is 151 Å². The highest BCUT2D eigenvalue weighted by atomic mass is 32.2. The van der Waals surface area contributed by atoms with Crippen LogP contribution >= 0.6 is 23.1 Å². The van der Waals surface area contributed by atoms with Crippen LogP contribution in [0.25, 0.3) is 10.2 Å². The lowest BCUT2D eigenvalue weighted by atomic mass is 10.2. The van der Waals surface area contributed by atoms with Crippen LogP contribution in [0.3, 0.4) is 0 Å². The van der Waals surface area contributed by atoms with E-state index in [1.54, 1.807) is 41.3 Å². The van der Waals surface area contributed by atoms with Crippen LogP contribution < -0.4 is 10.1 Å². The molecule has 1 aliphatic rings. The summed E-state index contributed by atoms with van der Waals surface area (Å²) >= 11 is 3.26. The Balaban J connectivity index is 1.49. The monoisotopic (exact) mass is 371 g/mol. The van der Waals surface area contributed by atoms with Crippen LogP contribution in [0.2, 0.25) is 0 Å². The van der Waals surface area contributed by atoms with Gasteiger partial charge in [0.25, 0.3) is 0 Å². The Kier molecular flexibility index (Phi) is 4.29. The molecule has 3 aromatic rings. The van der Waals surface area contributed by atoms with E-state index in [2.05, 4.69) is 21.4 Å². The van der Waals surface area contributed by atoms with Crippen LogP contribution in [0.5, 0.6) is 5.75 Å². The van der Waals surface area contributed by atoms with Gasteiger partial charge in [-0.3, -0.25) is 5.32 Å². The van der Waals surface area contributed by atoms with Crippen molar-refractivity contribution >= 4 is 55.8 Å². The van der Waals surface area contributed by atoms with Crippen molar-refractivity contribution in [3.63, 3.8) is 0 Å². The van der Waals surface area contributed by atoms with Crippen molar-refractivity contribution in [2.45, 2.75) is 5.75 Å². The topological polar surface area (TPSA) is 83.8 Å². The summed E-state index contributed by atoms with van der Waals surface area (Å²) in [6.07, 6.45) is -1.11. The fraction of sp³-hybridized carbons (Fsp3) is 0.118. The van der Waals surface area contributed by atoms with Gasteiger partial charge in [-0.2, -0.15) is 0 Å². The zero-order chi connectivity index (χ0) is 17.2. The van der Waals surface area contributed by atoms with Gasteiger partial charge in [-0.05, 0) is 30.3 Å². The number of anilines is 1. The lowest BCUT2D eigenvalue weighted by Crippen LogP contribution is -2.13. The van der Waals surface area contributed by atoms with Gasteiger partial charge in [0.1, 0.15) is 28.1 Å². The molecule has 0 fully saturated rings. The van der Waals surface area contributed by atoms with Crippen LogP contribution in [-0.4, -0.2) is 27.8 Å². The summed E-state index contributed by atoms with van der Waals surface area (Å²) in [4.78, 5) is 19.9. The zero-order valence-electron chi connectivity index (χ0n) is 12.9. The fourth-order valence-electron chi connectivity index (χ4n) is 2.43. The number of benzene rings is 2. The standard InChI is InChI=1S/C17H13N3O3S2/c21-17(22)18-10-5-6-13-12(7-10)20-15(8-23-13)24-9-16-19-11-3-1-2-4-14(11)25-16/h1-7,18H,8-9H2,(H,21,22). The van der Waals surface area contributed by atoms with E-state index in [9.17, 15) is 4.79 Å². The van der Waals surface area contributed by atoms with E-state index in [1.165, 1.54) is 4.70 Å². The van der Waals surface area contributed by atoms with Gasteiger partial charge in [0.15, 0.2) is 0 Å². The van der Waals surface area contributed by atoms with Crippen molar-refractivity contribution in [1.82, 2.24) is 4.98 Å². The van der Waals surface area contributed by atoms with Gasteiger partial charge in [-0.1, -0.05) is 23.9 Å². The molecule has 126 valence electrons. The first-order chi connectivity index (χ1) is 12.2. The maximum absolute atomic E-state index is 10.7. The Morgan fingerprint density at radius 3 is 3.04 bits per heavy atom. The second-order valence-electron chi connectivity index (χ2n) is 5.27.